The molecule has 0 atom stereocenters. The molecule has 152 valence electrons. The van der Waals surface area contributed by atoms with Crippen LogP contribution in [0.4, 0.5) is 4.39 Å². The summed E-state index contributed by atoms with van der Waals surface area (Å²) in [5, 5.41) is 23.8. The molecule has 8 heteroatoms. The van der Waals surface area contributed by atoms with Crippen LogP contribution in [0.1, 0.15) is 40.7 Å². The summed E-state index contributed by atoms with van der Waals surface area (Å²) in [4.78, 5) is 18.7. The number of carbonyl (C=O) groups is 1. The summed E-state index contributed by atoms with van der Waals surface area (Å²) in [5.74, 6) is -0.547. The number of amides is 1. The zero-order valence-electron chi connectivity index (χ0n) is 16.5. The summed E-state index contributed by atoms with van der Waals surface area (Å²) in [5.41, 5.74) is 1.44. The maximum absolute atomic E-state index is 14.3. The van der Waals surface area contributed by atoms with Gasteiger partial charge in [0.1, 0.15) is 11.9 Å². The topological polar surface area (TPSA) is 95.0 Å². The molecule has 1 N–H and O–H groups in total. The third-order valence-corrected chi connectivity index (χ3v) is 5.40. The van der Waals surface area contributed by atoms with E-state index in [2.05, 4.69) is 10.1 Å². The second kappa shape index (κ2) is 7.95. The summed E-state index contributed by atoms with van der Waals surface area (Å²) in [6.07, 6.45) is 6.05. The Kier molecular flexibility index (Phi) is 5.19. The standard InChI is InChI=1S/C22H20FN5O2/c1-14-17(7-5-15(11-24)20(14)23)18-13-26-28(22(18)30)19-8-6-16(12-25-19)21(29)27-9-3-2-4-10-27/h5-8,12-13,30H,2-4,9-10H2,1H3. The number of benzene rings is 1. The number of aromatic nitrogens is 3. The van der Waals surface area contributed by atoms with Gasteiger partial charge in [0.25, 0.3) is 5.91 Å². The first kappa shape index (κ1) is 19.6. The minimum atomic E-state index is -0.624. The lowest BCUT2D eigenvalue weighted by Gasteiger charge is -2.26. The number of nitrogens with zero attached hydrogens (tertiary/aromatic N) is 5. The monoisotopic (exact) mass is 405 g/mol. The maximum Gasteiger partial charge on any atom is 0.255 e. The molecule has 1 fully saturated rings. The first-order valence-corrected chi connectivity index (χ1v) is 9.73. The maximum atomic E-state index is 14.3. The zero-order chi connectivity index (χ0) is 21.3. The molecule has 2 aromatic heterocycles. The van der Waals surface area contributed by atoms with Gasteiger partial charge in [-0.2, -0.15) is 15.0 Å². The second-order valence-electron chi connectivity index (χ2n) is 7.26. The number of nitriles is 1. The van der Waals surface area contributed by atoms with Gasteiger partial charge in [0.15, 0.2) is 5.82 Å². The molecule has 1 amide bonds. The molecule has 4 rings (SSSR count). The molecule has 0 bridgehead atoms. The van der Waals surface area contributed by atoms with Crippen molar-refractivity contribution in [1.82, 2.24) is 19.7 Å². The van der Waals surface area contributed by atoms with Crippen molar-refractivity contribution in [3.8, 4) is 28.9 Å². The van der Waals surface area contributed by atoms with Gasteiger partial charge in [-0.05, 0) is 55.5 Å². The van der Waals surface area contributed by atoms with Gasteiger partial charge in [-0.3, -0.25) is 4.79 Å². The quantitative estimate of drug-likeness (QED) is 0.719. The smallest absolute Gasteiger partial charge is 0.255 e. The number of aromatic hydroxyl groups is 1. The summed E-state index contributed by atoms with van der Waals surface area (Å²) in [7, 11) is 0. The highest BCUT2D eigenvalue weighted by atomic mass is 19.1. The molecule has 0 spiro atoms. The van der Waals surface area contributed by atoms with E-state index in [1.54, 1.807) is 31.2 Å². The Morgan fingerprint density at radius 2 is 1.90 bits per heavy atom. The van der Waals surface area contributed by atoms with Gasteiger partial charge < -0.3 is 10.0 Å². The van der Waals surface area contributed by atoms with Gasteiger partial charge in [-0.15, -0.1) is 0 Å². The lowest BCUT2D eigenvalue weighted by Crippen LogP contribution is -2.35. The highest BCUT2D eigenvalue weighted by Gasteiger charge is 2.20. The van der Waals surface area contributed by atoms with E-state index >= 15 is 0 Å². The molecule has 1 aliphatic rings. The molecule has 1 aromatic carbocycles. The van der Waals surface area contributed by atoms with E-state index < -0.39 is 5.82 Å². The molecule has 0 saturated carbocycles. The van der Waals surface area contributed by atoms with Crippen LogP contribution in [0.25, 0.3) is 16.9 Å². The zero-order valence-corrected chi connectivity index (χ0v) is 16.5. The van der Waals surface area contributed by atoms with Crippen LogP contribution in [0.15, 0.2) is 36.7 Å². The van der Waals surface area contributed by atoms with Gasteiger partial charge in [0.05, 0.1) is 22.9 Å². The van der Waals surface area contributed by atoms with Crippen LogP contribution < -0.4 is 0 Å². The number of hydrogen-bond acceptors (Lipinski definition) is 5. The van der Waals surface area contributed by atoms with E-state index in [0.29, 0.717) is 22.5 Å². The van der Waals surface area contributed by atoms with Crippen molar-refractivity contribution in [3.05, 3.63) is 59.2 Å². The number of pyridine rings is 1. The summed E-state index contributed by atoms with van der Waals surface area (Å²) < 4.78 is 15.5. The highest BCUT2D eigenvalue weighted by molar-refractivity contribution is 5.94. The van der Waals surface area contributed by atoms with Crippen LogP contribution >= 0.6 is 0 Å². The van der Waals surface area contributed by atoms with Crippen molar-refractivity contribution >= 4 is 5.91 Å². The summed E-state index contributed by atoms with van der Waals surface area (Å²) >= 11 is 0. The van der Waals surface area contributed by atoms with E-state index in [1.807, 2.05) is 4.90 Å². The lowest BCUT2D eigenvalue weighted by molar-refractivity contribution is 0.0724. The Bertz CT molecular complexity index is 1140. The SMILES string of the molecule is Cc1c(-c2cnn(-c3ccc(C(=O)N4CCCCC4)cn3)c2O)ccc(C#N)c1F. The second-order valence-corrected chi connectivity index (χ2v) is 7.26. The van der Waals surface area contributed by atoms with Crippen molar-refractivity contribution in [2.75, 3.05) is 13.1 Å². The molecule has 0 unspecified atom stereocenters. The molecule has 3 aromatic rings. The Labute approximate surface area is 173 Å². The van der Waals surface area contributed by atoms with Crippen LogP contribution in [-0.2, 0) is 0 Å². The van der Waals surface area contributed by atoms with E-state index in [9.17, 15) is 14.3 Å². The van der Waals surface area contributed by atoms with E-state index in [0.717, 1.165) is 32.4 Å². The first-order chi connectivity index (χ1) is 14.5. The average Bonchev–Trinajstić information content (AvgIpc) is 3.17. The third kappa shape index (κ3) is 3.39. The van der Waals surface area contributed by atoms with Crippen molar-refractivity contribution in [1.29, 1.82) is 5.26 Å². The van der Waals surface area contributed by atoms with Gasteiger partial charge in [0, 0.05) is 19.3 Å². The van der Waals surface area contributed by atoms with E-state index in [-0.39, 0.29) is 22.9 Å². The molecule has 3 heterocycles. The number of rotatable bonds is 3. The van der Waals surface area contributed by atoms with Crippen LogP contribution in [0.3, 0.4) is 0 Å². The number of piperidine rings is 1. The molecule has 0 radical (unpaired) electrons. The van der Waals surface area contributed by atoms with Gasteiger partial charge >= 0.3 is 0 Å². The number of hydrogen-bond donors (Lipinski definition) is 1. The van der Waals surface area contributed by atoms with Gasteiger partial charge in [-0.1, -0.05) is 6.07 Å². The highest BCUT2D eigenvalue weighted by Crippen LogP contribution is 2.34. The third-order valence-electron chi connectivity index (χ3n) is 5.40. The molecule has 1 aliphatic heterocycles. The minimum absolute atomic E-state index is 0.0530. The Morgan fingerprint density at radius 1 is 1.13 bits per heavy atom. The molecular weight excluding hydrogens is 385 g/mol. The summed E-state index contributed by atoms with van der Waals surface area (Å²) in [6.45, 7) is 3.05. The Hall–Kier alpha value is -3.73. The van der Waals surface area contributed by atoms with Gasteiger partial charge in [0.2, 0.25) is 5.88 Å². The predicted molar refractivity (Wildman–Crippen MR) is 108 cm³/mol. The fourth-order valence-corrected chi connectivity index (χ4v) is 3.68. The van der Waals surface area contributed by atoms with Crippen LogP contribution in [0.2, 0.25) is 0 Å². The van der Waals surface area contributed by atoms with Crippen LogP contribution in [-0.4, -0.2) is 43.8 Å². The molecule has 7 nitrogen and oxygen atoms in total. The predicted octanol–water partition coefficient (Wildman–Crippen LogP) is 3.59. The molecule has 30 heavy (non-hydrogen) atoms. The summed E-state index contributed by atoms with van der Waals surface area (Å²) in [6, 6.07) is 8.01. The van der Waals surface area contributed by atoms with E-state index in [4.69, 9.17) is 5.26 Å². The average molecular weight is 405 g/mol. The van der Waals surface area contributed by atoms with Crippen molar-refractivity contribution in [3.63, 3.8) is 0 Å². The first-order valence-electron chi connectivity index (χ1n) is 9.73. The van der Waals surface area contributed by atoms with Crippen molar-refractivity contribution in [2.45, 2.75) is 26.2 Å². The number of halogens is 1. The van der Waals surface area contributed by atoms with Crippen LogP contribution in [0, 0.1) is 24.1 Å². The fourth-order valence-electron chi connectivity index (χ4n) is 3.68. The fraction of sp³-hybridized carbons (Fsp3) is 0.273. The lowest BCUT2D eigenvalue weighted by atomic mass is 10.00. The Balaban J connectivity index is 1.62. The van der Waals surface area contributed by atoms with Gasteiger partial charge in [-0.25, -0.2) is 9.37 Å². The number of likely N-dealkylation sites (tertiary alicyclic amines) is 1. The van der Waals surface area contributed by atoms with Crippen molar-refractivity contribution in [2.24, 2.45) is 0 Å². The Morgan fingerprint density at radius 3 is 2.57 bits per heavy atom. The normalized spacial score (nSPS) is 13.8. The van der Waals surface area contributed by atoms with Crippen molar-refractivity contribution < 1.29 is 14.3 Å². The van der Waals surface area contributed by atoms with Crippen LogP contribution in [0.5, 0.6) is 5.88 Å². The minimum Gasteiger partial charge on any atom is -0.493 e. The molecular formula is C22H20FN5O2. The van der Waals surface area contributed by atoms with E-state index in [1.165, 1.54) is 23.1 Å². The number of carbonyl (C=O) groups excluding carboxylic acids is 1. The largest absolute Gasteiger partial charge is 0.493 e. The molecule has 1 saturated heterocycles. The molecule has 0 aliphatic carbocycles.